The maximum Gasteiger partial charge on any atom is 0.0542 e. The maximum atomic E-state index is 2.45. The van der Waals surface area contributed by atoms with Gasteiger partial charge in [0.05, 0.1) is 33.1 Å². The molecule has 10 aromatic carbocycles. The van der Waals surface area contributed by atoms with Crippen molar-refractivity contribution in [3.63, 3.8) is 0 Å². The van der Waals surface area contributed by atoms with E-state index in [0.29, 0.717) is 0 Å². The average Bonchev–Trinajstić information content (AvgIpc) is 4.02. The number of aryl methyl sites for hydroxylation is 1. The van der Waals surface area contributed by atoms with Crippen molar-refractivity contribution in [2.75, 3.05) is 0 Å². The number of fused-ring (bicyclic) bond motifs is 9. The molecule has 0 unspecified atom stereocenters. The van der Waals surface area contributed by atoms with Crippen molar-refractivity contribution >= 4 is 65.4 Å². The van der Waals surface area contributed by atoms with E-state index in [1.54, 1.807) is 0 Å². The highest BCUT2D eigenvalue weighted by Crippen LogP contribution is 2.40. The number of aromatic nitrogens is 3. The Bertz CT molecular complexity index is 3980. The van der Waals surface area contributed by atoms with Crippen molar-refractivity contribution in [3.05, 3.63) is 236 Å². The molecule has 3 heterocycles. The van der Waals surface area contributed by atoms with Crippen molar-refractivity contribution < 1.29 is 0 Å². The fourth-order valence-electron chi connectivity index (χ4n) is 10.7. The smallest absolute Gasteiger partial charge is 0.0542 e. The Hall–Kier alpha value is -8.40. The Labute approximate surface area is 383 Å². The highest BCUT2D eigenvalue weighted by molar-refractivity contribution is 6.14. The molecule has 0 aliphatic rings. The molecule has 0 bridgehead atoms. The van der Waals surface area contributed by atoms with Gasteiger partial charge in [0.2, 0.25) is 0 Å². The van der Waals surface area contributed by atoms with Gasteiger partial charge in [-0.3, -0.25) is 0 Å². The van der Waals surface area contributed by atoms with Gasteiger partial charge in [-0.2, -0.15) is 0 Å². The van der Waals surface area contributed by atoms with E-state index in [0.717, 1.165) is 24.2 Å². The van der Waals surface area contributed by atoms with Gasteiger partial charge in [-0.1, -0.05) is 153 Å². The van der Waals surface area contributed by atoms with Gasteiger partial charge in [0.15, 0.2) is 0 Å². The monoisotopic (exact) mass is 843 g/mol. The molecule has 0 radical (unpaired) electrons. The standard InChI is InChI=1S/C63H45N3/c1-2-13-42-24-30-49(31-25-42)64-59-22-10-8-20-54(59)57-41-51(34-37-63(57)64)66-60-23-11-7-19-53(60)56-40-48(29-36-62(56)66)47-28-35-61-55(39-47)52-18-6-9-21-58(52)65(61)50-32-26-44(27-33-50)46-17-12-16-45(38-46)43-14-4-3-5-15-43/h3-12,14-41H,2,13H2,1H3. The lowest BCUT2D eigenvalue weighted by Crippen LogP contribution is -1.96. The first-order valence-corrected chi connectivity index (χ1v) is 23.1. The lowest BCUT2D eigenvalue weighted by molar-refractivity contribution is 0.921. The Morgan fingerprint density at radius 1 is 0.258 bits per heavy atom. The van der Waals surface area contributed by atoms with E-state index in [1.165, 1.54) is 110 Å². The third-order valence-electron chi connectivity index (χ3n) is 13.8. The van der Waals surface area contributed by atoms with E-state index in [-0.39, 0.29) is 0 Å². The van der Waals surface area contributed by atoms with E-state index < -0.39 is 0 Å². The molecule has 0 fully saturated rings. The van der Waals surface area contributed by atoms with Gasteiger partial charge in [-0.05, 0) is 136 Å². The van der Waals surface area contributed by atoms with Crippen molar-refractivity contribution in [2.45, 2.75) is 19.8 Å². The minimum absolute atomic E-state index is 1.10. The number of rotatable bonds is 8. The Kier molecular flexibility index (Phi) is 8.89. The van der Waals surface area contributed by atoms with Crippen LogP contribution in [0, 0.1) is 0 Å². The first-order valence-electron chi connectivity index (χ1n) is 23.1. The summed E-state index contributed by atoms with van der Waals surface area (Å²) in [5, 5.41) is 7.49. The molecule has 0 aliphatic heterocycles. The minimum atomic E-state index is 1.10. The number of nitrogens with zero attached hydrogens (tertiary/aromatic N) is 3. The molecule has 13 rings (SSSR count). The number of hydrogen-bond acceptors (Lipinski definition) is 0. The van der Waals surface area contributed by atoms with Crippen molar-refractivity contribution in [3.8, 4) is 50.4 Å². The SMILES string of the molecule is CCCc1ccc(-n2c3ccccc3c3cc(-n4c5ccccc5c5cc(-c6ccc7c(c6)c6ccccc6n7-c6ccc(-c7cccc(-c8ccccc8)c7)cc6)ccc54)ccc32)cc1. The molecule has 3 nitrogen and oxygen atoms in total. The molecule has 0 spiro atoms. The van der Waals surface area contributed by atoms with E-state index in [4.69, 9.17) is 0 Å². The second-order valence-electron chi connectivity index (χ2n) is 17.6. The van der Waals surface area contributed by atoms with Crippen LogP contribution in [0.5, 0.6) is 0 Å². The Morgan fingerprint density at radius 3 is 1.15 bits per heavy atom. The van der Waals surface area contributed by atoms with E-state index >= 15 is 0 Å². The maximum absolute atomic E-state index is 2.45. The predicted octanol–water partition coefficient (Wildman–Crippen LogP) is 16.9. The molecule has 3 aromatic heterocycles. The zero-order chi connectivity index (χ0) is 43.7. The third-order valence-corrected chi connectivity index (χ3v) is 13.8. The third kappa shape index (κ3) is 6.12. The molecule has 0 atom stereocenters. The summed E-state index contributed by atoms with van der Waals surface area (Å²) in [4.78, 5) is 0. The predicted molar refractivity (Wildman–Crippen MR) is 280 cm³/mol. The number of hydrogen-bond donors (Lipinski definition) is 0. The molecule has 0 N–H and O–H groups in total. The fraction of sp³-hybridized carbons (Fsp3) is 0.0476. The Morgan fingerprint density at radius 2 is 0.621 bits per heavy atom. The van der Waals surface area contributed by atoms with Crippen molar-refractivity contribution in [1.29, 1.82) is 0 Å². The molecule has 3 heteroatoms. The van der Waals surface area contributed by atoms with Crippen LogP contribution >= 0.6 is 0 Å². The molecule has 66 heavy (non-hydrogen) atoms. The summed E-state index contributed by atoms with van der Waals surface area (Å²) in [5.41, 5.74) is 19.4. The van der Waals surface area contributed by atoms with Gasteiger partial charge in [0.1, 0.15) is 0 Å². The van der Waals surface area contributed by atoms with E-state index in [9.17, 15) is 0 Å². The minimum Gasteiger partial charge on any atom is -0.309 e. The molecule has 0 amide bonds. The van der Waals surface area contributed by atoms with Crippen LogP contribution in [0.3, 0.4) is 0 Å². The molecular formula is C63H45N3. The van der Waals surface area contributed by atoms with Gasteiger partial charge >= 0.3 is 0 Å². The van der Waals surface area contributed by atoms with Gasteiger partial charge in [-0.15, -0.1) is 0 Å². The van der Waals surface area contributed by atoms with Crippen LogP contribution in [0.2, 0.25) is 0 Å². The Balaban J connectivity index is 0.893. The topological polar surface area (TPSA) is 14.8 Å². The highest BCUT2D eigenvalue weighted by atomic mass is 15.0. The molecule has 13 aromatic rings. The van der Waals surface area contributed by atoms with Crippen molar-refractivity contribution in [1.82, 2.24) is 13.7 Å². The molecule has 0 saturated carbocycles. The van der Waals surface area contributed by atoms with Crippen LogP contribution in [-0.4, -0.2) is 13.7 Å². The molecular weight excluding hydrogens is 799 g/mol. The second-order valence-corrected chi connectivity index (χ2v) is 17.6. The summed E-state index contributed by atoms with van der Waals surface area (Å²) in [5.74, 6) is 0. The first kappa shape index (κ1) is 38.1. The van der Waals surface area contributed by atoms with Crippen LogP contribution in [0.1, 0.15) is 18.9 Å². The molecule has 0 saturated heterocycles. The van der Waals surface area contributed by atoms with Crippen LogP contribution in [0.25, 0.3) is 116 Å². The summed E-state index contributed by atoms with van der Waals surface area (Å²) in [6.07, 6.45) is 2.24. The quantitative estimate of drug-likeness (QED) is 0.145. The van der Waals surface area contributed by atoms with Gasteiger partial charge in [-0.25, -0.2) is 0 Å². The summed E-state index contributed by atoms with van der Waals surface area (Å²) in [7, 11) is 0. The lowest BCUT2D eigenvalue weighted by atomic mass is 9.99. The van der Waals surface area contributed by atoms with Crippen LogP contribution in [0.15, 0.2) is 231 Å². The van der Waals surface area contributed by atoms with E-state index in [2.05, 4.69) is 251 Å². The largest absolute Gasteiger partial charge is 0.309 e. The highest BCUT2D eigenvalue weighted by Gasteiger charge is 2.19. The molecule has 0 aliphatic carbocycles. The van der Waals surface area contributed by atoms with Crippen LogP contribution in [-0.2, 0) is 6.42 Å². The summed E-state index contributed by atoms with van der Waals surface area (Å²) in [6, 6.07) is 85.0. The molecule has 312 valence electrons. The fourth-order valence-corrected chi connectivity index (χ4v) is 10.7. The van der Waals surface area contributed by atoms with Gasteiger partial charge < -0.3 is 13.7 Å². The first-order chi connectivity index (χ1) is 32.7. The second kappa shape index (κ2) is 15.4. The van der Waals surface area contributed by atoms with Crippen LogP contribution in [0.4, 0.5) is 0 Å². The lowest BCUT2D eigenvalue weighted by Gasteiger charge is -2.11. The summed E-state index contributed by atoms with van der Waals surface area (Å²) in [6.45, 7) is 2.24. The van der Waals surface area contributed by atoms with Gasteiger partial charge in [0.25, 0.3) is 0 Å². The zero-order valence-electron chi connectivity index (χ0n) is 36.7. The zero-order valence-corrected chi connectivity index (χ0v) is 36.7. The summed E-state index contributed by atoms with van der Waals surface area (Å²) < 4.78 is 7.27. The van der Waals surface area contributed by atoms with E-state index in [1.807, 2.05) is 0 Å². The normalized spacial score (nSPS) is 11.8. The number of para-hydroxylation sites is 3. The van der Waals surface area contributed by atoms with Gasteiger partial charge in [0, 0.05) is 49.4 Å². The summed E-state index contributed by atoms with van der Waals surface area (Å²) >= 11 is 0. The van der Waals surface area contributed by atoms with Crippen molar-refractivity contribution in [2.24, 2.45) is 0 Å². The number of benzene rings is 10. The average molecular weight is 844 g/mol. The van der Waals surface area contributed by atoms with Crippen LogP contribution < -0.4 is 0 Å².